The molecule has 1 rings (SSSR count). The van der Waals surface area contributed by atoms with Crippen molar-refractivity contribution < 1.29 is 27.8 Å². The highest BCUT2D eigenvalue weighted by Gasteiger charge is 2.35. The first-order valence-corrected chi connectivity index (χ1v) is 5.61. The Morgan fingerprint density at radius 2 is 1.95 bits per heavy atom. The lowest BCUT2D eigenvalue weighted by Crippen LogP contribution is -2.47. The first kappa shape index (κ1) is 15.3. The van der Waals surface area contributed by atoms with Gasteiger partial charge >= 0.3 is 12.3 Å². The summed E-state index contributed by atoms with van der Waals surface area (Å²) in [6.45, 7) is 1.52. The van der Waals surface area contributed by atoms with E-state index in [-0.39, 0.29) is 18.8 Å². The van der Waals surface area contributed by atoms with Crippen molar-refractivity contribution in [2.24, 2.45) is 0 Å². The van der Waals surface area contributed by atoms with Crippen LogP contribution < -0.4 is 5.32 Å². The van der Waals surface area contributed by atoms with Crippen LogP contribution in [0.3, 0.4) is 0 Å². The minimum Gasteiger partial charge on any atom is -0.508 e. The predicted octanol–water partition coefficient (Wildman–Crippen LogP) is 1.98. The third-order valence-corrected chi connectivity index (χ3v) is 2.29. The van der Waals surface area contributed by atoms with Crippen molar-refractivity contribution >= 4 is 5.97 Å². The van der Waals surface area contributed by atoms with E-state index in [0.717, 1.165) is 0 Å². The average Bonchev–Trinajstić information content (AvgIpc) is 2.30. The maximum absolute atomic E-state index is 12.3. The fourth-order valence-corrected chi connectivity index (χ4v) is 1.50. The van der Waals surface area contributed by atoms with Gasteiger partial charge in [0.2, 0.25) is 0 Å². The van der Waals surface area contributed by atoms with Gasteiger partial charge in [-0.2, -0.15) is 13.2 Å². The summed E-state index contributed by atoms with van der Waals surface area (Å²) in [5.41, 5.74) is 0.479. The van der Waals surface area contributed by atoms with Gasteiger partial charge in [0, 0.05) is 0 Å². The molecule has 106 valence electrons. The number of nitrogens with one attached hydrogen (secondary N) is 1. The van der Waals surface area contributed by atoms with Gasteiger partial charge in [-0.05, 0) is 31.0 Å². The number of rotatable bonds is 5. The second-order valence-electron chi connectivity index (χ2n) is 3.82. The third kappa shape index (κ3) is 5.60. The molecule has 0 aromatic heterocycles. The number of benzene rings is 1. The average molecular weight is 277 g/mol. The molecule has 0 fully saturated rings. The van der Waals surface area contributed by atoms with Crippen LogP contribution in [0, 0.1) is 0 Å². The normalized spacial score (nSPS) is 13.1. The molecule has 2 N–H and O–H groups in total. The number of esters is 1. The number of phenolic OH excluding ortho intramolecular Hbond substituents is 1. The largest absolute Gasteiger partial charge is 0.508 e. The van der Waals surface area contributed by atoms with Gasteiger partial charge in [0.05, 0.1) is 6.61 Å². The third-order valence-electron chi connectivity index (χ3n) is 2.29. The molecule has 0 aliphatic rings. The number of phenols is 1. The molecular weight excluding hydrogens is 263 g/mol. The Morgan fingerprint density at radius 3 is 2.42 bits per heavy atom. The zero-order valence-electron chi connectivity index (χ0n) is 10.2. The fourth-order valence-electron chi connectivity index (χ4n) is 1.50. The van der Waals surface area contributed by atoms with E-state index in [1.165, 1.54) is 36.5 Å². The summed E-state index contributed by atoms with van der Waals surface area (Å²) in [6, 6.07) is 4.06. The molecule has 0 spiro atoms. The lowest BCUT2D eigenvalue weighted by molar-refractivity contribution is -0.176. The van der Waals surface area contributed by atoms with Crippen LogP contribution in [0.5, 0.6) is 5.75 Å². The van der Waals surface area contributed by atoms with E-state index >= 15 is 0 Å². The van der Waals surface area contributed by atoms with Gasteiger partial charge in [0.1, 0.15) is 11.8 Å². The van der Waals surface area contributed by atoms with Crippen molar-refractivity contribution in [3.05, 3.63) is 29.8 Å². The number of aromatic hydroxyl groups is 1. The van der Waals surface area contributed by atoms with Crippen molar-refractivity contribution in [1.82, 2.24) is 5.32 Å². The predicted molar refractivity (Wildman–Crippen MR) is 61.4 cm³/mol. The van der Waals surface area contributed by atoms with Gasteiger partial charge in [-0.15, -0.1) is 0 Å². The fraction of sp³-hybridized carbons (Fsp3) is 0.417. The van der Waals surface area contributed by atoms with E-state index in [1.807, 2.05) is 0 Å². The Hall–Kier alpha value is -1.76. The molecule has 1 atom stereocenters. The summed E-state index contributed by atoms with van der Waals surface area (Å²) in [6.07, 6.45) is -4.85. The number of alkyl halides is 3. The monoisotopic (exact) mass is 277 g/mol. The van der Waals surface area contributed by atoms with Crippen LogP contribution in [0.2, 0.25) is 0 Å². The minimum atomic E-state index is -4.67. The minimum absolute atomic E-state index is 0.000199. The highest BCUT2D eigenvalue weighted by molar-refractivity contribution is 5.76. The number of carbonyl (C=O) groups excluding carboxylic acids is 1. The number of hydrogen-bond donors (Lipinski definition) is 2. The van der Waals surface area contributed by atoms with Crippen LogP contribution in [-0.4, -0.2) is 30.0 Å². The van der Waals surface area contributed by atoms with Crippen LogP contribution in [-0.2, 0) is 16.0 Å². The van der Waals surface area contributed by atoms with Crippen molar-refractivity contribution in [2.75, 3.05) is 6.61 Å². The Kier molecular flexibility index (Phi) is 5.17. The molecule has 0 heterocycles. The Balaban J connectivity index is 2.78. The van der Waals surface area contributed by atoms with Crippen molar-refractivity contribution in [3.8, 4) is 5.75 Å². The van der Waals surface area contributed by atoms with Crippen LogP contribution in [0.4, 0.5) is 13.2 Å². The van der Waals surface area contributed by atoms with Crippen molar-refractivity contribution in [3.63, 3.8) is 0 Å². The number of ether oxygens (including phenoxy) is 1. The van der Waals surface area contributed by atoms with E-state index in [2.05, 4.69) is 4.74 Å². The highest BCUT2D eigenvalue weighted by Crippen LogP contribution is 2.16. The topological polar surface area (TPSA) is 58.6 Å². The molecular formula is C12H14F3NO3. The zero-order chi connectivity index (χ0) is 14.5. The van der Waals surface area contributed by atoms with E-state index in [9.17, 15) is 18.0 Å². The molecule has 0 amide bonds. The van der Waals surface area contributed by atoms with Crippen LogP contribution >= 0.6 is 0 Å². The van der Waals surface area contributed by atoms with Gasteiger partial charge in [0.25, 0.3) is 0 Å². The lowest BCUT2D eigenvalue weighted by Gasteiger charge is -2.19. The molecule has 4 nitrogen and oxygen atoms in total. The molecule has 0 radical (unpaired) electrons. The zero-order valence-corrected chi connectivity index (χ0v) is 10.2. The molecule has 0 bridgehead atoms. The quantitative estimate of drug-likeness (QED) is 0.638. The second-order valence-corrected chi connectivity index (χ2v) is 3.82. The lowest BCUT2D eigenvalue weighted by atomic mass is 10.1. The molecule has 1 aromatic rings. The molecule has 0 saturated carbocycles. The molecule has 7 heteroatoms. The summed E-state index contributed by atoms with van der Waals surface area (Å²) in [5.74, 6) is -0.965. The molecule has 0 saturated heterocycles. The van der Waals surface area contributed by atoms with E-state index < -0.39 is 18.3 Å². The first-order valence-electron chi connectivity index (χ1n) is 5.61. The number of carbonyl (C=O) groups is 1. The van der Waals surface area contributed by atoms with Gasteiger partial charge < -0.3 is 9.84 Å². The molecule has 0 aliphatic carbocycles. The Morgan fingerprint density at radius 1 is 1.37 bits per heavy atom. The van der Waals surface area contributed by atoms with Crippen LogP contribution in [0.1, 0.15) is 12.5 Å². The molecule has 19 heavy (non-hydrogen) atoms. The summed E-state index contributed by atoms with van der Waals surface area (Å²) in [5, 5.41) is 10.4. The summed E-state index contributed by atoms with van der Waals surface area (Å²) in [4.78, 5) is 11.5. The van der Waals surface area contributed by atoms with E-state index in [1.54, 1.807) is 0 Å². The molecule has 1 aromatic carbocycles. The maximum Gasteiger partial charge on any atom is 0.457 e. The summed E-state index contributed by atoms with van der Waals surface area (Å²) in [7, 11) is 0. The number of hydrogen-bond acceptors (Lipinski definition) is 4. The van der Waals surface area contributed by atoms with Gasteiger partial charge in [-0.3, -0.25) is 4.79 Å². The van der Waals surface area contributed by atoms with Crippen molar-refractivity contribution in [2.45, 2.75) is 25.7 Å². The summed E-state index contributed by atoms with van der Waals surface area (Å²) >= 11 is 0. The first-order chi connectivity index (χ1) is 8.81. The van der Waals surface area contributed by atoms with Gasteiger partial charge in [-0.25, -0.2) is 5.32 Å². The smallest absolute Gasteiger partial charge is 0.457 e. The van der Waals surface area contributed by atoms with Crippen LogP contribution in [0.15, 0.2) is 24.3 Å². The van der Waals surface area contributed by atoms with E-state index in [0.29, 0.717) is 5.56 Å². The second kappa shape index (κ2) is 6.42. The molecule has 1 unspecified atom stereocenters. The van der Waals surface area contributed by atoms with E-state index in [4.69, 9.17) is 5.11 Å². The van der Waals surface area contributed by atoms with Crippen molar-refractivity contribution in [1.29, 1.82) is 0 Å². The highest BCUT2D eigenvalue weighted by atomic mass is 19.4. The summed E-state index contributed by atoms with van der Waals surface area (Å²) < 4.78 is 41.5. The standard InChI is InChI=1S/C12H14F3NO3/c1-2-19-11(18)10(16-12(13,14)15)7-8-3-5-9(17)6-4-8/h3-6,10,16-17H,2,7H2,1H3. The van der Waals surface area contributed by atoms with Gasteiger partial charge in [0.15, 0.2) is 0 Å². The Bertz CT molecular complexity index is 417. The molecule has 0 aliphatic heterocycles. The Labute approximate surface area is 108 Å². The SMILES string of the molecule is CCOC(=O)C(Cc1ccc(O)cc1)NC(F)(F)F. The maximum atomic E-state index is 12.3. The number of halogens is 3. The van der Waals surface area contributed by atoms with Crippen LogP contribution in [0.25, 0.3) is 0 Å². The van der Waals surface area contributed by atoms with Gasteiger partial charge in [-0.1, -0.05) is 12.1 Å².